The van der Waals surface area contributed by atoms with E-state index in [9.17, 15) is 9.59 Å². The molecule has 0 atom stereocenters. The number of urea groups is 1. The SMILES string of the molecule is O=C(Nc1ccccc1)Nc1c(Cl)cc(C(=O)CBr)cc1Cl. The van der Waals surface area contributed by atoms with Crippen LogP contribution in [0.5, 0.6) is 0 Å². The van der Waals surface area contributed by atoms with Crippen LogP contribution < -0.4 is 10.6 Å². The molecule has 0 aliphatic carbocycles. The van der Waals surface area contributed by atoms with Gasteiger partial charge in [-0.3, -0.25) is 4.79 Å². The minimum absolute atomic E-state index is 0.149. The van der Waals surface area contributed by atoms with E-state index in [1.165, 1.54) is 12.1 Å². The fraction of sp³-hybridized carbons (Fsp3) is 0.0667. The zero-order valence-electron chi connectivity index (χ0n) is 11.2. The Kier molecular flexibility index (Phi) is 5.83. The van der Waals surface area contributed by atoms with E-state index in [-0.39, 0.29) is 26.8 Å². The van der Waals surface area contributed by atoms with Crippen molar-refractivity contribution in [1.82, 2.24) is 0 Å². The number of rotatable bonds is 4. The highest BCUT2D eigenvalue weighted by Crippen LogP contribution is 2.32. The number of hydrogen-bond acceptors (Lipinski definition) is 2. The molecule has 0 saturated heterocycles. The molecule has 0 fully saturated rings. The third-order valence-electron chi connectivity index (χ3n) is 2.76. The lowest BCUT2D eigenvalue weighted by Crippen LogP contribution is -2.20. The Morgan fingerprint density at radius 2 is 1.59 bits per heavy atom. The number of alkyl halides is 1. The predicted octanol–water partition coefficient (Wildman–Crippen LogP) is 5.22. The molecule has 7 heteroatoms. The van der Waals surface area contributed by atoms with Gasteiger partial charge in [-0.05, 0) is 24.3 Å². The molecule has 0 unspecified atom stereocenters. The van der Waals surface area contributed by atoms with Gasteiger partial charge in [0.25, 0.3) is 0 Å². The standard InChI is InChI=1S/C15H11BrCl2N2O2/c16-8-13(21)9-6-11(17)14(12(18)7-9)20-15(22)19-10-4-2-1-3-5-10/h1-7H,8H2,(H2,19,20,22). The van der Waals surface area contributed by atoms with E-state index in [0.29, 0.717) is 11.3 Å². The Balaban J connectivity index is 2.16. The van der Waals surface area contributed by atoms with E-state index in [0.717, 1.165) is 0 Å². The van der Waals surface area contributed by atoms with Crippen LogP contribution in [-0.2, 0) is 0 Å². The number of carbonyl (C=O) groups excluding carboxylic acids is 2. The van der Waals surface area contributed by atoms with E-state index in [4.69, 9.17) is 23.2 Å². The summed E-state index contributed by atoms with van der Waals surface area (Å²) >= 11 is 15.3. The van der Waals surface area contributed by atoms with Crippen molar-refractivity contribution >= 4 is 62.3 Å². The first-order chi connectivity index (χ1) is 10.5. The second-order valence-corrected chi connectivity index (χ2v) is 5.69. The van der Waals surface area contributed by atoms with Crippen molar-refractivity contribution in [1.29, 1.82) is 0 Å². The maximum Gasteiger partial charge on any atom is 0.323 e. The van der Waals surface area contributed by atoms with Gasteiger partial charge in [0.15, 0.2) is 5.78 Å². The molecular formula is C15H11BrCl2N2O2. The molecule has 114 valence electrons. The lowest BCUT2D eigenvalue weighted by Gasteiger charge is -2.12. The summed E-state index contributed by atoms with van der Waals surface area (Å²) in [7, 11) is 0. The summed E-state index contributed by atoms with van der Waals surface area (Å²) in [6.45, 7) is 0. The second-order valence-electron chi connectivity index (χ2n) is 4.32. The fourth-order valence-corrected chi connectivity index (χ4v) is 2.63. The number of nitrogens with one attached hydrogen (secondary N) is 2. The van der Waals surface area contributed by atoms with Gasteiger partial charge in [0.2, 0.25) is 0 Å². The molecule has 0 aliphatic rings. The number of benzene rings is 2. The first-order valence-electron chi connectivity index (χ1n) is 6.22. The lowest BCUT2D eigenvalue weighted by molar-refractivity contribution is 0.102. The van der Waals surface area contributed by atoms with E-state index in [1.807, 2.05) is 6.07 Å². The van der Waals surface area contributed by atoms with Gasteiger partial charge in [0.05, 0.1) is 21.1 Å². The van der Waals surface area contributed by atoms with Gasteiger partial charge >= 0.3 is 6.03 Å². The quantitative estimate of drug-likeness (QED) is 0.545. The van der Waals surface area contributed by atoms with Crippen molar-refractivity contribution in [3.63, 3.8) is 0 Å². The molecule has 4 nitrogen and oxygen atoms in total. The lowest BCUT2D eigenvalue weighted by atomic mass is 10.1. The van der Waals surface area contributed by atoms with Crippen LogP contribution in [0.15, 0.2) is 42.5 Å². The van der Waals surface area contributed by atoms with Crippen LogP contribution in [0.4, 0.5) is 16.2 Å². The van der Waals surface area contributed by atoms with Gasteiger partial charge in [-0.1, -0.05) is 57.3 Å². The largest absolute Gasteiger partial charge is 0.323 e. The van der Waals surface area contributed by atoms with Gasteiger partial charge < -0.3 is 10.6 Å². The van der Waals surface area contributed by atoms with Gasteiger partial charge in [-0.2, -0.15) is 0 Å². The van der Waals surface area contributed by atoms with Crippen LogP contribution in [0.1, 0.15) is 10.4 Å². The Labute approximate surface area is 145 Å². The molecule has 0 saturated carbocycles. The molecule has 2 N–H and O–H groups in total. The molecule has 2 amide bonds. The molecule has 0 spiro atoms. The van der Waals surface area contributed by atoms with Crippen molar-refractivity contribution < 1.29 is 9.59 Å². The number of anilines is 2. The number of carbonyl (C=O) groups is 2. The zero-order chi connectivity index (χ0) is 16.1. The Morgan fingerprint density at radius 3 is 2.14 bits per heavy atom. The Bertz CT molecular complexity index is 685. The fourth-order valence-electron chi connectivity index (χ4n) is 1.73. The van der Waals surface area contributed by atoms with Crippen molar-refractivity contribution in [3.8, 4) is 0 Å². The average molecular weight is 402 g/mol. The number of halogens is 3. The van der Waals surface area contributed by atoms with Crippen LogP contribution in [0.25, 0.3) is 0 Å². The van der Waals surface area contributed by atoms with Crippen LogP contribution in [-0.4, -0.2) is 17.1 Å². The van der Waals surface area contributed by atoms with Crippen LogP contribution >= 0.6 is 39.1 Å². The maximum atomic E-state index is 11.9. The molecule has 0 radical (unpaired) electrons. The predicted molar refractivity (Wildman–Crippen MR) is 93.7 cm³/mol. The van der Waals surface area contributed by atoms with Gasteiger partial charge in [0, 0.05) is 11.3 Å². The normalized spacial score (nSPS) is 10.1. The van der Waals surface area contributed by atoms with Crippen molar-refractivity contribution in [3.05, 3.63) is 58.1 Å². The van der Waals surface area contributed by atoms with Gasteiger partial charge in [-0.15, -0.1) is 0 Å². The molecule has 2 aromatic carbocycles. The second kappa shape index (κ2) is 7.63. The Hall–Kier alpha value is -1.56. The summed E-state index contributed by atoms with van der Waals surface area (Å²) in [5.41, 5.74) is 1.27. The summed E-state index contributed by atoms with van der Waals surface area (Å²) in [5, 5.41) is 5.78. The Morgan fingerprint density at radius 1 is 1.00 bits per heavy atom. The summed E-state index contributed by atoms with van der Waals surface area (Å²) in [4.78, 5) is 23.6. The highest BCUT2D eigenvalue weighted by Gasteiger charge is 2.14. The monoisotopic (exact) mass is 400 g/mol. The number of Topliss-reactive ketones (excluding diaryl/α,β-unsaturated/α-hetero) is 1. The molecule has 22 heavy (non-hydrogen) atoms. The van der Waals surface area contributed by atoms with Crippen molar-refractivity contribution in [2.45, 2.75) is 0 Å². The molecule has 0 aliphatic heterocycles. The van der Waals surface area contributed by atoms with E-state index >= 15 is 0 Å². The number of ketones is 1. The zero-order valence-corrected chi connectivity index (χ0v) is 14.3. The number of para-hydroxylation sites is 1. The summed E-state index contributed by atoms with van der Waals surface area (Å²) in [5.74, 6) is -0.149. The van der Waals surface area contributed by atoms with Gasteiger partial charge in [0.1, 0.15) is 0 Å². The molecule has 0 heterocycles. The minimum atomic E-state index is -0.477. The van der Waals surface area contributed by atoms with Crippen LogP contribution in [0.2, 0.25) is 10.0 Å². The molecule has 0 bridgehead atoms. The molecular weight excluding hydrogens is 391 g/mol. The molecule has 0 aromatic heterocycles. The average Bonchev–Trinajstić information content (AvgIpc) is 2.50. The third-order valence-corrected chi connectivity index (χ3v) is 3.86. The molecule has 2 rings (SSSR count). The topological polar surface area (TPSA) is 58.2 Å². The summed E-state index contributed by atoms with van der Waals surface area (Å²) in [6, 6.07) is 11.4. The summed E-state index contributed by atoms with van der Waals surface area (Å²) in [6.07, 6.45) is 0. The smallest absolute Gasteiger partial charge is 0.308 e. The number of hydrogen-bond donors (Lipinski definition) is 2. The first kappa shape index (κ1) is 16.8. The minimum Gasteiger partial charge on any atom is -0.308 e. The molecule has 2 aromatic rings. The highest BCUT2D eigenvalue weighted by atomic mass is 79.9. The van der Waals surface area contributed by atoms with E-state index < -0.39 is 6.03 Å². The third kappa shape index (κ3) is 4.22. The maximum absolute atomic E-state index is 11.9. The summed E-state index contributed by atoms with van der Waals surface area (Å²) < 4.78 is 0. The van der Waals surface area contributed by atoms with Crippen molar-refractivity contribution in [2.24, 2.45) is 0 Å². The van der Waals surface area contributed by atoms with E-state index in [2.05, 4.69) is 26.6 Å². The van der Waals surface area contributed by atoms with E-state index in [1.54, 1.807) is 24.3 Å². The first-order valence-corrected chi connectivity index (χ1v) is 8.10. The highest BCUT2D eigenvalue weighted by molar-refractivity contribution is 9.09. The number of amides is 2. The van der Waals surface area contributed by atoms with Crippen LogP contribution in [0, 0.1) is 0 Å². The van der Waals surface area contributed by atoms with Crippen molar-refractivity contribution in [2.75, 3.05) is 16.0 Å². The van der Waals surface area contributed by atoms with Crippen LogP contribution in [0.3, 0.4) is 0 Å². The van der Waals surface area contributed by atoms with Gasteiger partial charge in [-0.25, -0.2) is 4.79 Å².